The summed E-state index contributed by atoms with van der Waals surface area (Å²) in [4.78, 5) is 35.3. The van der Waals surface area contributed by atoms with Gasteiger partial charge in [-0.2, -0.15) is 0 Å². The van der Waals surface area contributed by atoms with Crippen LogP contribution < -0.4 is 11.1 Å². The summed E-state index contributed by atoms with van der Waals surface area (Å²) in [7, 11) is 1.58. The van der Waals surface area contributed by atoms with Crippen molar-refractivity contribution < 1.29 is 14.4 Å². The minimum absolute atomic E-state index is 0.169. The summed E-state index contributed by atoms with van der Waals surface area (Å²) in [6.07, 6.45) is 1.78. The molecule has 0 aliphatic carbocycles. The van der Waals surface area contributed by atoms with Crippen LogP contribution in [0.1, 0.15) is 26.2 Å². The minimum atomic E-state index is -0.613. The Morgan fingerprint density at radius 1 is 1.44 bits per heavy atom. The molecule has 3 amide bonds. The number of nitrogens with two attached hydrogens (primary N) is 1. The van der Waals surface area contributed by atoms with E-state index in [-0.39, 0.29) is 11.8 Å². The Morgan fingerprint density at radius 3 is 2.56 bits per heavy atom. The number of hydrogen-bond acceptors (Lipinski definition) is 3. The van der Waals surface area contributed by atoms with Crippen molar-refractivity contribution in [2.75, 3.05) is 7.05 Å². The number of carbonyl (C=O) groups excluding carboxylic acids is 3. The Balaban J connectivity index is 2.73. The third kappa shape index (κ3) is 2.71. The molecular weight excluding hydrogens is 210 g/mol. The first-order valence-electron chi connectivity index (χ1n) is 5.26. The lowest BCUT2D eigenvalue weighted by Gasteiger charge is -2.24. The van der Waals surface area contributed by atoms with Gasteiger partial charge < -0.3 is 16.0 Å². The standard InChI is InChI=1S/C10H17N3O3/c1-6(14)13(2)8-5-3-4-7(9(11)15)12-10(8)16/h7-8H,3-5H2,1-2H3,(H2,11,15)(H,12,16)/t7-,8+/m1/s1. The highest BCUT2D eigenvalue weighted by molar-refractivity contribution is 5.91. The molecule has 1 aliphatic rings. The van der Waals surface area contributed by atoms with Crippen LogP contribution in [0.3, 0.4) is 0 Å². The van der Waals surface area contributed by atoms with Gasteiger partial charge in [0.1, 0.15) is 12.1 Å². The molecular formula is C10H17N3O3. The molecule has 2 atom stereocenters. The average molecular weight is 227 g/mol. The van der Waals surface area contributed by atoms with Crippen LogP contribution in [0.15, 0.2) is 0 Å². The summed E-state index contributed by atoms with van der Waals surface area (Å²) in [5.74, 6) is -1.00. The normalized spacial score (nSPS) is 25.5. The van der Waals surface area contributed by atoms with E-state index < -0.39 is 18.0 Å². The first kappa shape index (κ1) is 12.5. The van der Waals surface area contributed by atoms with Crippen LogP contribution in [-0.2, 0) is 14.4 Å². The molecule has 90 valence electrons. The lowest BCUT2D eigenvalue weighted by atomic mass is 10.1. The molecule has 0 aromatic heterocycles. The van der Waals surface area contributed by atoms with Crippen molar-refractivity contribution in [2.45, 2.75) is 38.3 Å². The Hall–Kier alpha value is -1.59. The van der Waals surface area contributed by atoms with Crippen LogP contribution in [0.5, 0.6) is 0 Å². The zero-order valence-corrected chi connectivity index (χ0v) is 9.53. The quantitative estimate of drug-likeness (QED) is 0.633. The minimum Gasteiger partial charge on any atom is -0.368 e. The molecule has 3 N–H and O–H groups in total. The van der Waals surface area contributed by atoms with E-state index in [0.717, 1.165) is 0 Å². The Bertz CT molecular complexity index is 316. The fourth-order valence-corrected chi connectivity index (χ4v) is 1.79. The van der Waals surface area contributed by atoms with E-state index in [9.17, 15) is 14.4 Å². The van der Waals surface area contributed by atoms with Gasteiger partial charge in [-0.1, -0.05) is 0 Å². The lowest BCUT2D eigenvalue weighted by Crippen LogP contribution is -2.50. The monoisotopic (exact) mass is 227 g/mol. The topological polar surface area (TPSA) is 92.5 Å². The van der Waals surface area contributed by atoms with Crippen molar-refractivity contribution in [3.05, 3.63) is 0 Å². The molecule has 0 saturated carbocycles. The van der Waals surface area contributed by atoms with Crippen LogP contribution in [-0.4, -0.2) is 41.8 Å². The molecule has 1 rings (SSSR count). The molecule has 0 radical (unpaired) electrons. The van der Waals surface area contributed by atoms with Crippen LogP contribution in [0.2, 0.25) is 0 Å². The van der Waals surface area contributed by atoms with Gasteiger partial charge in [-0.15, -0.1) is 0 Å². The van der Waals surface area contributed by atoms with E-state index in [0.29, 0.717) is 19.3 Å². The largest absolute Gasteiger partial charge is 0.368 e. The second-order valence-corrected chi connectivity index (χ2v) is 4.04. The van der Waals surface area contributed by atoms with Crippen molar-refractivity contribution in [3.63, 3.8) is 0 Å². The molecule has 0 spiro atoms. The number of amides is 3. The van der Waals surface area contributed by atoms with E-state index in [1.54, 1.807) is 7.05 Å². The van der Waals surface area contributed by atoms with Gasteiger partial charge in [-0.3, -0.25) is 14.4 Å². The Labute approximate surface area is 94.2 Å². The van der Waals surface area contributed by atoms with Gasteiger partial charge in [0.2, 0.25) is 17.7 Å². The number of rotatable bonds is 2. The zero-order valence-electron chi connectivity index (χ0n) is 9.53. The highest BCUT2D eigenvalue weighted by Crippen LogP contribution is 2.14. The van der Waals surface area contributed by atoms with E-state index >= 15 is 0 Å². The fourth-order valence-electron chi connectivity index (χ4n) is 1.79. The van der Waals surface area contributed by atoms with Crippen molar-refractivity contribution in [2.24, 2.45) is 5.73 Å². The molecule has 1 aliphatic heterocycles. The van der Waals surface area contributed by atoms with E-state index in [4.69, 9.17) is 5.73 Å². The van der Waals surface area contributed by atoms with E-state index in [1.807, 2.05) is 0 Å². The lowest BCUT2D eigenvalue weighted by molar-refractivity contribution is -0.138. The van der Waals surface area contributed by atoms with Gasteiger partial charge in [0, 0.05) is 14.0 Å². The van der Waals surface area contributed by atoms with Gasteiger partial charge in [-0.25, -0.2) is 0 Å². The highest BCUT2D eigenvalue weighted by Gasteiger charge is 2.31. The third-order valence-electron chi connectivity index (χ3n) is 2.90. The predicted molar refractivity (Wildman–Crippen MR) is 57.2 cm³/mol. The molecule has 16 heavy (non-hydrogen) atoms. The van der Waals surface area contributed by atoms with Gasteiger partial charge in [0.05, 0.1) is 0 Å². The maximum atomic E-state index is 11.8. The van der Waals surface area contributed by atoms with Crippen molar-refractivity contribution in [1.82, 2.24) is 10.2 Å². The van der Waals surface area contributed by atoms with Gasteiger partial charge in [0.15, 0.2) is 0 Å². The number of hydrogen-bond donors (Lipinski definition) is 2. The predicted octanol–water partition coefficient (Wildman–Crippen LogP) is -1.01. The molecule has 0 bridgehead atoms. The summed E-state index contributed by atoms with van der Waals surface area (Å²) in [5.41, 5.74) is 5.15. The van der Waals surface area contributed by atoms with Crippen molar-refractivity contribution in [3.8, 4) is 0 Å². The van der Waals surface area contributed by atoms with Gasteiger partial charge in [0.25, 0.3) is 0 Å². The first-order chi connectivity index (χ1) is 7.43. The molecule has 1 saturated heterocycles. The fraction of sp³-hybridized carbons (Fsp3) is 0.700. The molecule has 6 heteroatoms. The molecule has 6 nitrogen and oxygen atoms in total. The van der Waals surface area contributed by atoms with Crippen LogP contribution in [0, 0.1) is 0 Å². The highest BCUT2D eigenvalue weighted by atomic mass is 16.2. The summed E-state index contributed by atoms with van der Waals surface area (Å²) >= 11 is 0. The average Bonchev–Trinajstić information content (AvgIpc) is 2.38. The Kier molecular flexibility index (Phi) is 3.87. The van der Waals surface area contributed by atoms with E-state index in [1.165, 1.54) is 11.8 Å². The van der Waals surface area contributed by atoms with Gasteiger partial charge >= 0.3 is 0 Å². The third-order valence-corrected chi connectivity index (χ3v) is 2.90. The van der Waals surface area contributed by atoms with Crippen LogP contribution in [0.25, 0.3) is 0 Å². The molecule has 0 aromatic rings. The first-order valence-corrected chi connectivity index (χ1v) is 5.26. The van der Waals surface area contributed by atoms with Crippen molar-refractivity contribution >= 4 is 17.7 Å². The second kappa shape index (κ2) is 4.96. The molecule has 0 unspecified atom stereocenters. The maximum absolute atomic E-state index is 11.8. The smallest absolute Gasteiger partial charge is 0.243 e. The SMILES string of the molecule is CC(=O)N(C)[C@H]1CCC[C@H](C(N)=O)NC1=O. The molecule has 1 fully saturated rings. The summed E-state index contributed by atoms with van der Waals surface area (Å²) in [6, 6.07) is -1.11. The Morgan fingerprint density at radius 2 is 2.06 bits per heavy atom. The van der Waals surface area contributed by atoms with Crippen LogP contribution in [0.4, 0.5) is 0 Å². The summed E-state index contributed by atoms with van der Waals surface area (Å²) in [6.45, 7) is 1.41. The number of nitrogens with zero attached hydrogens (tertiary/aromatic N) is 1. The number of likely N-dealkylation sites (N-methyl/N-ethyl adjacent to an activating group) is 1. The molecule has 0 aromatic carbocycles. The van der Waals surface area contributed by atoms with Gasteiger partial charge in [-0.05, 0) is 19.3 Å². The number of primary amides is 1. The zero-order chi connectivity index (χ0) is 12.3. The van der Waals surface area contributed by atoms with Crippen LogP contribution >= 0.6 is 0 Å². The summed E-state index contributed by atoms with van der Waals surface area (Å²) in [5, 5.41) is 2.56. The summed E-state index contributed by atoms with van der Waals surface area (Å²) < 4.78 is 0. The van der Waals surface area contributed by atoms with Crippen molar-refractivity contribution in [1.29, 1.82) is 0 Å². The van der Waals surface area contributed by atoms with E-state index in [2.05, 4.69) is 5.32 Å². The second-order valence-electron chi connectivity index (χ2n) is 4.04. The molecule has 1 heterocycles. The number of carbonyl (C=O) groups is 3. The maximum Gasteiger partial charge on any atom is 0.243 e. The number of nitrogens with one attached hydrogen (secondary N) is 1.